The second-order valence-electron chi connectivity index (χ2n) is 9.83. The molecule has 0 unspecified atom stereocenters. The molecular weight excluding hydrogens is 476 g/mol. The number of rotatable bonds is 7. The maximum absolute atomic E-state index is 13.0. The molecule has 1 amide bonds. The highest BCUT2D eigenvalue weighted by Crippen LogP contribution is 2.33. The average molecular weight is 511 g/mol. The van der Waals surface area contributed by atoms with Crippen molar-refractivity contribution in [3.05, 3.63) is 46.1 Å². The average Bonchev–Trinajstić information content (AvgIpc) is 3.41. The molecule has 5 N–H and O–H groups in total. The van der Waals surface area contributed by atoms with E-state index in [2.05, 4.69) is 21.3 Å². The number of pyridine rings is 2. The van der Waals surface area contributed by atoms with Crippen molar-refractivity contribution < 1.29 is 14.3 Å². The van der Waals surface area contributed by atoms with Crippen LogP contribution in [0.1, 0.15) is 40.0 Å². The van der Waals surface area contributed by atoms with E-state index in [0.29, 0.717) is 30.3 Å². The van der Waals surface area contributed by atoms with Gasteiger partial charge in [-0.3, -0.25) is 4.79 Å². The van der Waals surface area contributed by atoms with Gasteiger partial charge >= 0.3 is 0 Å². The summed E-state index contributed by atoms with van der Waals surface area (Å²) in [7, 11) is 1.68. The van der Waals surface area contributed by atoms with Crippen LogP contribution in [0.4, 0.5) is 11.5 Å². The van der Waals surface area contributed by atoms with E-state index in [0.717, 1.165) is 46.7 Å². The molecule has 3 aromatic heterocycles. The van der Waals surface area contributed by atoms with E-state index in [9.17, 15) is 4.79 Å². The molecule has 36 heavy (non-hydrogen) atoms. The number of nitrogens with two attached hydrogens (primary N) is 2. The number of amides is 1. The molecule has 0 aromatic carbocycles. The molecule has 5 rings (SSSR count). The molecule has 0 spiro atoms. The number of hydrogen-bond donors (Lipinski definition) is 3. The minimum atomic E-state index is -0.133. The summed E-state index contributed by atoms with van der Waals surface area (Å²) in [6.07, 6.45) is 2.38. The van der Waals surface area contributed by atoms with Crippen LogP contribution in [-0.4, -0.2) is 67.0 Å². The van der Waals surface area contributed by atoms with E-state index in [-0.39, 0.29) is 30.2 Å². The number of aryl methyl sites for hydroxylation is 2. The number of nitrogens with one attached hydrogen (secondary N) is 1. The van der Waals surface area contributed by atoms with Crippen LogP contribution < -0.4 is 21.7 Å². The highest BCUT2D eigenvalue weighted by Gasteiger charge is 2.33. The Labute approximate surface area is 215 Å². The smallest absolute Gasteiger partial charge is 0.263 e. The number of fused-ring (bicyclic) bond motifs is 2. The van der Waals surface area contributed by atoms with Crippen molar-refractivity contribution in [2.24, 2.45) is 5.73 Å². The summed E-state index contributed by atoms with van der Waals surface area (Å²) in [5, 5.41) is 4.02. The van der Waals surface area contributed by atoms with Crippen molar-refractivity contribution in [3.8, 4) is 0 Å². The number of thiophene rings is 1. The summed E-state index contributed by atoms with van der Waals surface area (Å²) in [5.74, 6) is 0.796. The van der Waals surface area contributed by atoms with Gasteiger partial charge in [0.25, 0.3) is 5.91 Å². The minimum absolute atomic E-state index is 0.0396. The molecule has 1 saturated heterocycles. The zero-order valence-corrected chi connectivity index (χ0v) is 21.8. The van der Waals surface area contributed by atoms with Gasteiger partial charge in [-0.15, -0.1) is 11.3 Å². The van der Waals surface area contributed by atoms with Crippen molar-refractivity contribution >= 4 is 39.0 Å². The fraction of sp³-hybridized carbons (Fsp3) is 0.500. The van der Waals surface area contributed by atoms with E-state index in [1.807, 2.05) is 32.0 Å². The largest absolute Gasteiger partial charge is 0.397 e. The number of nitrogens with zero attached hydrogens (tertiary/aromatic N) is 3. The first-order valence-electron chi connectivity index (χ1n) is 12.4. The van der Waals surface area contributed by atoms with Gasteiger partial charge in [0, 0.05) is 43.0 Å². The number of nitrogen functional groups attached to an aromatic ring is 1. The Bertz CT molecular complexity index is 1260. The number of anilines is 2. The normalized spacial score (nSPS) is 22.6. The maximum atomic E-state index is 13.0. The van der Waals surface area contributed by atoms with E-state index >= 15 is 0 Å². The molecule has 0 bridgehead atoms. The van der Waals surface area contributed by atoms with Crippen molar-refractivity contribution in [1.29, 1.82) is 0 Å². The lowest BCUT2D eigenvalue weighted by Crippen LogP contribution is -2.39. The first-order valence-corrected chi connectivity index (χ1v) is 13.2. The van der Waals surface area contributed by atoms with Crippen LogP contribution >= 0.6 is 11.3 Å². The van der Waals surface area contributed by atoms with Gasteiger partial charge in [-0.25, -0.2) is 9.97 Å². The number of aromatic nitrogens is 2. The summed E-state index contributed by atoms with van der Waals surface area (Å²) < 4.78 is 11.3. The SMILES string of the molecule is CO[C@@H](C)CO[C@H]1CN(c2ccc3c(n2)CC[C@H](NC(=O)c2sc4nc(C)ccc4c2N)C3)C[C@@H]1N. The minimum Gasteiger partial charge on any atom is -0.397 e. The van der Waals surface area contributed by atoms with Crippen LogP contribution in [0.15, 0.2) is 24.3 Å². The third-order valence-corrected chi connectivity index (χ3v) is 8.22. The van der Waals surface area contributed by atoms with Crippen LogP contribution in [0.5, 0.6) is 0 Å². The summed E-state index contributed by atoms with van der Waals surface area (Å²) in [4.78, 5) is 26.0. The molecule has 9 nitrogen and oxygen atoms in total. The summed E-state index contributed by atoms with van der Waals surface area (Å²) >= 11 is 1.35. The van der Waals surface area contributed by atoms with E-state index in [1.165, 1.54) is 16.9 Å². The van der Waals surface area contributed by atoms with Gasteiger partial charge in [0.15, 0.2) is 0 Å². The maximum Gasteiger partial charge on any atom is 0.263 e. The van der Waals surface area contributed by atoms with Gasteiger partial charge in [0.2, 0.25) is 0 Å². The number of methoxy groups -OCH3 is 1. The Morgan fingerprint density at radius 2 is 2.11 bits per heavy atom. The number of carbonyl (C=O) groups is 1. The van der Waals surface area contributed by atoms with Gasteiger partial charge in [-0.05, 0) is 56.9 Å². The molecular formula is C26H34N6O3S. The molecule has 0 radical (unpaired) electrons. The second-order valence-corrected chi connectivity index (χ2v) is 10.8. The van der Waals surface area contributed by atoms with Gasteiger partial charge in [-0.1, -0.05) is 6.07 Å². The molecule has 192 valence electrons. The van der Waals surface area contributed by atoms with Gasteiger partial charge in [0.05, 0.1) is 30.5 Å². The van der Waals surface area contributed by atoms with Crippen LogP contribution in [0.3, 0.4) is 0 Å². The Morgan fingerprint density at radius 3 is 2.92 bits per heavy atom. The first kappa shape index (κ1) is 24.9. The second kappa shape index (κ2) is 10.3. The molecule has 0 saturated carbocycles. The highest BCUT2D eigenvalue weighted by atomic mass is 32.1. The molecule has 10 heteroatoms. The number of hydrogen-bond acceptors (Lipinski definition) is 9. The Hall–Kier alpha value is -2.79. The third-order valence-electron chi connectivity index (χ3n) is 7.10. The van der Waals surface area contributed by atoms with Crippen molar-refractivity contribution in [3.63, 3.8) is 0 Å². The molecule has 1 aliphatic carbocycles. The summed E-state index contributed by atoms with van der Waals surface area (Å²) in [6.45, 7) is 5.86. The molecule has 1 fully saturated rings. The molecule has 3 aromatic rings. The molecule has 4 heterocycles. The van der Waals surface area contributed by atoms with Crippen molar-refractivity contribution in [1.82, 2.24) is 15.3 Å². The van der Waals surface area contributed by atoms with Crippen molar-refractivity contribution in [2.45, 2.75) is 57.4 Å². The van der Waals surface area contributed by atoms with E-state index < -0.39 is 0 Å². The Balaban J connectivity index is 1.22. The Kier molecular flexibility index (Phi) is 7.11. The van der Waals surface area contributed by atoms with E-state index in [1.54, 1.807) is 7.11 Å². The van der Waals surface area contributed by atoms with Crippen LogP contribution in [0.25, 0.3) is 10.2 Å². The lowest BCUT2D eigenvalue weighted by Gasteiger charge is -2.26. The highest BCUT2D eigenvalue weighted by molar-refractivity contribution is 7.21. The molecule has 4 atom stereocenters. The summed E-state index contributed by atoms with van der Waals surface area (Å²) in [5.41, 5.74) is 16.3. The van der Waals surface area contributed by atoms with Gasteiger partial charge in [-0.2, -0.15) is 0 Å². The zero-order chi connectivity index (χ0) is 25.4. The van der Waals surface area contributed by atoms with Crippen LogP contribution in [0, 0.1) is 6.92 Å². The van der Waals surface area contributed by atoms with Crippen LogP contribution in [-0.2, 0) is 22.3 Å². The topological polar surface area (TPSA) is 129 Å². The lowest BCUT2D eigenvalue weighted by atomic mass is 9.91. The third kappa shape index (κ3) is 5.04. The fourth-order valence-corrected chi connectivity index (χ4v) is 5.94. The van der Waals surface area contributed by atoms with E-state index in [4.69, 9.17) is 25.9 Å². The zero-order valence-electron chi connectivity index (χ0n) is 21.0. The quantitative estimate of drug-likeness (QED) is 0.442. The number of ether oxygens (including phenoxy) is 2. The predicted molar refractivity (Wildman–Crippen MR) is 143 cm³/mol. The fourth-order valence-electron chi connectivity index (χ4n) is 4.90. The number of carbonyl (C=O) groups excluding carboxylic acids is 1. The Morgan fingerprint density at radius 1 is 1.28 bits per heavy atom. The lowest BCUT2D eigenvalue weighted by molar-refractivity contribution is -0.0166. The monoisotopic (exact) mass is 510 g/mol. The van der Waals surface area contributed by atoms with Gasteiger partial charge < -0.3 is 31.2 Å². The van der Waals surface area contributed by atoms with Crippen molar-refractivity contribution in [2.75, 3.05) is 37.4 Å². The molecule has 1 aliphatic heterocycles. The molecule has 2 aliphatic rings. The standard InChI is InChI=1S/C26H34N6O3S/c1-14-4-7-18-23(28)24(36-26(18)29-14)25(33)30-17-6-8-20-16(10-17)5-9-22(31-20)32-11-19(27)21(12-32)35-13-15(2)34-3/h4-5,7,9,15,17,19,21H,6,8,10-13,27-28H2,1-3H3,(H,30,33)/t15-,17-,19-,21-/m0/s1. The first-order chi connectivity index (χ1) is 17.3. The summed E-state index contributed by atoms with van der Waals surface area (Å²) in [6, 6.07) is 8.00. The van der Waals surface area contributed by atoms with Crippen LogP contribution in [0.2, 0.25) is 0 Å². The van der Waals surface area contributed by atoms with Gasteiger partial charge in [0.1, 0.15) is 15.5 Å². The predicted octanol–water partition coefficient (Wildman–Crippen LogP) is 2.44.